The summed E-state index contributed by atoms with van der Waals surface area (Å²) in [6, 6.07) is 0.440. The Bertz CT molecular complexity index is 373. The molecule has 19 heavy (non-hydrogen) atoms. The molecule has 3 rings (SSSR count). The summed E-state index contributed by atoms with van der Waals surface area (Å²) in [6.45, 7) is 0. The van der Waals surface area contributed by atoms with E-state index in [-0.39, 0.29) is 24.5 Å². The van der Waals surface area contributed by atoms with Crippen molar-refractivity contribution < 1.29 is 14.7 Å². The number of amides is 2. The summed E-state index contributed by atoms with van der Waals surface area (Å²) in [5, 5.41) is 18.2. The van der Waals surface area contributed by atoms with Gasteiger partial charge in [-0.2, -0.15) is 16.9 Å². The van der Waals surface area contributed by atoms with Crippen molar-refractivity contribution in [2.45, 2.75) is 43.0 Å². The van der Waals surface area contributed by atoms with Crippen LogP contribution in [-0.4, -0.2) is 46.5 Å². The summed E-state index contributed by atoms with van der Waals surface area (Å²) >= 11 is 1.87. The molecule has 7 nitrogen and oxygen atoms in total. The molecular formula is C11H18N4O3S. The van der Waals surface area contributed by atoms with Crippen LogP contribution in [0.3, 0.4) is 0 Å². The number of hydrazone groups is 1. The SMILES string of the molecule is C1=NN1.O=C(O)CCCC[C@@H]1SC[C@@H]2NC(=O)N[C@@H]21. The number of thioether (sulfide) groups is 1. The lowest BCUT2D eigenvalue weighted by Crippen LogP contribution is -2.36. The van der Waals surface area contributed by atoms with Crippen LogP contribution in [0.1, 0.15) is 25.7 Å². The van der Waals surface area contributed by atoms with E-state index in [0.29, 0.717) is 5.25 Å². The van der Waals surface area contributed by atoms with E-state index in [1.165, 1.54) is 0 Å². The fourth-order valence-electron chi connectivity index (χ4n) is 2.26. The maximum Gasteiger partial charge on any atom is 0.315 e. The molecule has 0 bridgehead atoms. The average Bonchev–Trinajstić information content (AvgIpc) is 3.12. The maximum absolute atomic E-state index is 11.1. The van der Waals surface area contributed by atoms with E-state index in [0.717, 1.165) is 25.0 Å². The Morgan fingerprint density at radius 3 is 2.84 bits per heavy atom. The van der Waals surface area contributed by atoms with Gasteiger partial charge in [0.1, 0.15) is 6.34 Å². The van der Waals surface area contributed by atoms with Gasteiger partial charge in [0.15, 0.2) is 0 Å². The van der Waals surface area contributed by atoms with Crippen LogP contribution in [-0.2, 0) is 4.79 Å². The Hall–Kier alpha value is -1.44. The number of carboxylic acids is 1. The van der Waals surface area contributed by atoms with Gasteiger partial charge in [-0.1, -0.05) is 6.42 Å². The van der Waals surface area contributed by atoms with Gasteiger partial charge in [-0.25, -0.2) is 4.79 Å². The Morgan fingerprint density at radius 2 is 2.21 bits per heavy atom. The number of fused-ring (bicyclic) bond motifs is 1. The van der Waals surface area contributed by atoms with Crippen LogP contribution in [0.4, 0.5) is 4.79 Å². The zero-order valence-corrected chi connectivity index (χ0v) is 11.3. The van der Waals surface area contributed by atoms with E-state index >= 15 is 0 Å². The number of urea groups is 1. The smallest absolute Gasteiger partial charge is 0.315 e. The van der Waals surface area contributed by atoms with E-state index in [4.69, 9.17) is 5.11 Å². The molecule has 0 unspecified atom stereocenters. The second-order valence-corrected chi connectivity index (χ2v) is 5.92. The summed E-state index contributed by atoms with van der Waals surface area (Å²) in [5.41, 5.74) is 2.50. The maximum atomic E-state index is 11.1. The number of nitrogens with zero attached hydrogens (tertiary/aromatic N) is 1. The van der Waals surface area contributed by atoms with Gasteiger partial charge in [-0.3, -0.25) is 10.2 Å². The third kappa shape index (κ3) is 4.62. The fraction of sp³-hybridized carbons (Fsp3) is 0.727. The molecule has 2 amide bonds. The highest BCUT2D eigenvalue weighted by Crippen LogP contribution is 2.33. The Morgan fingerprint density at radius 1 is 1.47 bits per heavy atom. The second-order valence-electron chi connectivity index (χ2n) is 4.65. The molecule has 2 saturated heterocycles. The quantitative estimate of drug-likeness (QED) is 0.430. The van der Waals surface area contributed by atoms with Gasteiger partial charge in [-0.15, -0.1) is 0 Å². The molecular weight excluding hydrogens is 268 g/mol. The second kappa shape index (κ2) is 6.65. The number of rotatable bonds is 5. The highest BCUT2D eigenvalue weighted by Gasteiger charge is 2.42. The van der Waals surface area contributed by atoms with Crippen molar-refractivity contribution in [1.29, 1.82) is 0 Å². The predicted molar refractivity (Wildman–Crippen MR) is 73.2 cm³/mol. The number of hydrogen-bond acceptors (Lipinski definition) is 5. The first-order valence-electron chi connectivity index (χ1n) is 6.34. The Labute approximate surface area is 115 Å². The van der Waals surface area contributed by atoms with Gasteiger partial charge < -0.3 is 15.7 Å². The molecule has 106 valence electrons. The van der Waals surface area contributed by atoms with E-state index in [2.05, 4.69) is 21.2 Å². The molecule has 2 fully saturated rings. The minimum absolute atomic E-state index is 0.0640. The Balaban J connectivity index is 0.000000390. The molecule has 3 aliphatic heterocycles. The monoisotopic (exact) mass is 286 g/mol. The number of unbranched alkanes of at least 4 members (excludes halogenated alkanes) is 1. The third-order valence-corrected chi connectivity index (χ3v) is 4.71. The minimum atomic E-state index is -0.729. The lowest BCUT2D eigenvalue weighted by Gasteiger charge is -2.16. The first kappa shape index (κ1) is 14.0. The van der Waals surface area contributed by atoms with Gasteiger partial charge in [-0.05, 0) is 12.8 Å². The lowest BCUT2D eigenvalue weighted by molar-refractivity contribution is -0.137. The van der Waals surface area contributed by atoms with E-state index < -0.39 is 5.97 Å². The number of nitrogens with one attached hydrogen (secondary N) is 3. The topological polar surface area (TPSA) is 113 Å². The van der Waals surface area contributed by atoms with Crippen LogP contribution in [0.2, 0.25) is 0 Å². The summed E-state index contributed by atoms with van der Waals surface area (Å²) in [4.78, 5) is 21.5. The van der Waals surface area contributed by atoms with Crippen LogP contribution < -0.4 is 16.1 Å². The van der Waals surface area contributed by atoms with Crippen LogP contribution in [0.5, 0.6) is 0 Å². The molecule has 0 radical (unpaired) electrons. The van der Waals surface area contributed by atoms with Crippen molar-refractivity contribution in [1.82, 2.24) is 16.1 Å². The Kier molecular flexibility index (Phi) is 4.89. The van der Waals surface area contributed by atoms with Gasteiger partial charge in [0, 0.05) is 17.4 Å². The standard InChI is InChI=1S/C10H16N2O3S.CH2N2/c13-8(14)4-2-1-3-7-9-6(5-16-7)11-10(15)12-9;1-2-3-1/h6-7,9H,1-5H2,(H,13,14)(H2,11,12,15);1H,(H,2,3)/t6-,7-,9-;/m0./s1. The molecule has 0 aliphatic carbocycles. The summed E-state index contributed by atoms with van der Waals surface area (Å²) < 4.78 is 0. The molecule has 0 spiro atoms. The number of carbonyl (C=O) groups is 2. The van der Waals surface area contributed by atoms with Crippen molar-refractivity contribution >= 4 is 30.1 Å². The van der Waals surface area contributed by atoms with Gasteiger partial charge >= 0.3 is 12.0 Å². The molecule has 0 saturated carbocycles. The molecule has 0 aromatic rings. The molecule has 8 heteroatoms. The van der Waals surface area contributed by atoms with Crippen molar-refractivity contribution in [3.05, 3.63) is 0 Å². The predicted octanol–water partition coefficient (Wildman–Crippen LogP) is 0.330. The van der Waals surface area contributed by atoms with Crippen molar-refractivity contribution in [3.63, 3.8) is 0 Å². The van der Waals surface area contributed by atoms with Crippen LogP contribution in [0.25, 0.3) is 0 Å². The summed E-state index contributed by atoms with van der Waals surface area (Å²) in [6.07, 6.45) is 4.51. The highest BCUT2D eigenvalue weighted by molar-refractivity contribution is 8.00. The van der Waals surface area contributed by atoms with E-state index in [1.807, 2.05) is 11.8 Å². The van der Waals surface area contributed by atoms with Crippen molar-refractivity contribution in [2.75, 3.05) is 5.75 Å². The molecule has 3 atom stereocenters. The molecule has 3 heterocycles. The highest BCUT2D eigenvalue weighted by atomic mass is 32.2. The van der Waals surface area contributed by atoms with Crippen LogP contribution in [0, 0.1) is 0 Å². The molecule has 0 aromatic heterocycles. The van der Waals surface area contributed by atoms with Crippen LogP contribution in [0.15, 0.2) is 5.10 Å². The lowest BCUT2D eigenvalue weighted by atomic mass is 10.0. The zero-order valence-electron chi connectivity index (χ0n) is 10.5. The van der Waals surface area contributed by atoms with E-state index in [9.17, 15) is 9.59 Å². The first-order chi connectivity index (χ1) is 9.16. The fourth-order valence-corrected chi connectivity index (χ4v) is 3.81. The molecule has 3 aliphatic rings. The normalized spacial score (nSPS) is 29.5. The van der Waals surface area contributed by atoms with Crippen molar-refractivity contribution in [3.8, 4) is 0 Å². The minimum Gasteiger partial charge on any atom is -0.481 e. The first-order valence-corrected chi connectivity index (χ1v) is 7.39. The molecule has 0 aromatic carbocycles. The van der Waals surface area contributed by atoms with Gasteiger partial charge in [0.05, 0.1) is 12.1 Å². The summed E-state index contributed by atoms with van der Waals surface area (Å²) in [7, 11) is 0. The van der Waals surface area contributed by atoms with Crippen molar-refractivity contribution in [2.24, 2.45) is 5.10 Å². The number of aliphatic carboxylic acids is 1. The van der Waals surface area contributed by atoms with Gasteiger partial charge in [0.2, 0.25) is 0 Å². The number of hydrogen-bond donors (Lipinski definition) is 4. The zero-order chi connectivity index (χ0) is 13.7. The van der Waals surface area contributed by atoms with Crippen LogP contribution >= 0.6 is 11.8 Å². The van der Waals surface area contributed by atoms with Gasteiger partial charge in [0.25, 0.3) is 0 Å². The summed E-state index contributed by atoms with van der Waals surface area (Å²) in [5.74, 6) is 0.236. The number of carboxylic acid groups (broad SMARTS) is 1. The average molecular weight is 286 g/mol. The van der Waals surface area contributed by atoms with E-state index in [1.54, 1.807) is 6.34 Å². The third-order valence-electron chi connectivity index (χ3n) is 3.20. The number of carbonyl (C=O) groups excluding carboxylic acids is 1. The molecule has 4 N–H and O–H groups in total. The largest absolute Gasteiger partial charge is 0.481 e.